The minimum atomic E-state index is -0.453. The van der Waals surface area contributed by atoms with Crippen LogP contribution in [0.5, 0.6) is 0 Å². The van der Waals surface area contributed by atoms with Crippen LogP contribution < -0.4 is 0 Å². The summed E-state index contributed by atoms with van der Waals surface area (Å²) in [4.78, 5) is 18.9. The molecular weight excluding hydrogens is 370 g/mol. The van der Waals surface area contributed by atoms with E-state index in [1.807, 2.05) is 12.1 Å². The molecule has 9 heteroatoms. The summed E-state index contributed by atoms with van der Waals surface area (Å²) in [5.41, 5.74) is 1.43. The molecule has 0 atom stereocenters. The van der Waals surface area contributed by atoms with Gasteiger partial charge >= 0.3 is 0 Å². The van der Waals surface area contributed by atoms with Crippen molar-refractivity contribution in [1.82, 2.24) is 19.7 Å². The molecule has 0 amide bonds. The zero-order valence-corrected chi connectivity index (χ0v) is 14.6. The zero-order chi connectivity index (χ0) is 18.8. The van der Waals surface area contributed by atoms with Gasteiger partial charge in [-0.25, -0.2) is 14.6 Å². The van der Waals surface area contributed by atoms with Gasteiger partial charge in [0.15, 0.2) is 11.6 Å². The molecule has 0 bridgehead atoms. The molecule has 2 heterocycles. The Bertz CT molecular complexity index is 1100. The van der Waals surface area contributed by atoms with Crippen LogP contribution in [0.2, 0.25) is 5.02 Å². The normalized spacial score (nSPS) is 10.9. The maximum Gasteiger partial charge on any atom is 0.270 e. The van der Waals surface area contributed by atoms with Crippen molar-refractivity contribution in [3.8, 4) is 22.7 Å². The van der Waals surface area contributed by atoms with Gasteiger partial charge in [0, 0.05) is 28.3 Å². The first kappa shape index (κ1) is 16.9. The smallest absolute Gasteiger partial charge is 0.270 e. The van der Waals surface area contributed by atoms with E-state index in [4.69, 9.17) is 16.0 Å². The summed E-state index contributed by atoms with van der Waals surface area (Å²) in [6, 6.07) is 13.4. The Morgan fingerprint density at radius 2 is 1.93 bits per heavy atom. The standard InChI is InChI=1S/C18H12ClN5O3/c19-14-6-4-12(5-7-14)16-9-20-17(27-16)10-23-11-21-18(22-23)13-2-1-3-15(8-13)24(25)26/h1-9,11H,10H2. The van der Waals surface area contributed by atoms with Gasteiger partial charge in [-0.15, -0.1) is 0 Å². The van der Waals surface area contributed by atoms with Crippen molar-refractivity contribution in [2.24, 2.45) is 0 Å². The van der Waals surface area contributed by atoms with Gasteiger partial charge in [-0.05, 0) is 24.3 Å². The number of nitro groups is 1. The SMILES string of the molecule is O=[N+]([O-])c1cccc(-c2ncn(Cc3ncc(-c4ccc(Cl)cc4)o3)n2)c1. The highest BCUT2D eigenvalue weighted by Crippen LogP contribution is 2.23. The molecule has 0 saturated heterocycles. The van der Waals surface area contributed by atoms with E-state index in [0.717, 1.165) is 5.56 Å². The number of hydrogen-bond acceptors (Lipinski definition) is 6. The van der Waals surface area contributed by atoms with Gasteiger partial charge in [0.1, 0.15) is 12.9 Å². The summed E-state index contributed by atoms with van der Waals surface area (Å²) in [6.45, 7) is 0.287. The van der Waals surface area contributed by atoms with Crippen LogP contribution in [-0.4, -0.2) is 24.7 Å². The summed E-state index contributed by atoms with van der Waals surface area (Å²) < 4.78 is 7.31. The highest BCUT2D eigenvalue weighted by atomic mass is 35.5. The molecule has 0 fully saturated rings. The van der Waals surface area contributed by atoms with Crippen molar-refractivity contribution < 1.29 is 9.34 Å². The Morgan fingerprint density at radius 3 is 2.70 bits per heavy atom. The number of nitro benzene ring substituents is 1. The fourth-order valence-electron chi connectivity index (χ4n) is 2.53. The second kappa shape index (κ2) is 7.00. The van der Waals surface area contributed by atoms with E-state index in [1.165, 1.54) is 18.5 Å². The Balaban J connectivity index is 1.52. The molecule has 0 saturated carbocycles. The van der Waals surface area contributed by atoms with Crippen molar-refractivity contribution in [2.75, 3.05) is 0 Å². The first-order chi connectivity index (χ1) is 13.1. The fraction of sp³-hybridized carbons (Fsp3) is 0.0556. The zero-order valence-electron chi connectivity index (χ0n) is 13.8. The summed E-state index contributed by atoms with van der Waals surface area (Å²) in [5.74, 6) is 1.49. The number of hydrogen-bond donors (Lipinski definition) is 0. The van der Waals surface area contributed by atoms with Crippen molar-refractivity contribution >= 4 is 17.3 Å². The first-order valence-electron chi connectivity index (χ1n) is 7.93. The van der Waals surface area contributed by atoms with Crippen LogP contribution in [-0.2, 0) is 6.54 Å². The van der Waals surface area contributed by atoms with Crippen LogP contribution >= 0.6 is 11.6 Å². The predicted molar refractivity (Wildman–Crippen MR) is 98.2 cm³/mol. The lowest BCUT2D eigenvalue weighted by molar-refractivity contribution is -0.384. The van der Waals surface area contributed by atoms with Crippen LogP contribution in [0.3, 0.4) is 0 Å². The lowest BCUT2D eigenvalue weighted by Gasteiger charge is -1.98. The van der Waals surface area contributed by atoms with Gasteiger partial charge in [0.2, 0.25) is 5.89 Å². The molecule has 27 heavy (non-hydrogen) atoms. The number of nitrogens with zero attached hydrogens (tertiary/aromatic N) is 5. The van der Waals surface area contributed by atoms with Crippen LogP contribution in [0.15, 0.2) is 65.5 Å². The number of halogens is 1. The van der Waals surface area contributed by atoms with E-state index in [0.29, 0.717) is 28.1 Å². The number of rotatable bonds is 5. The highest BCUT2D eigenvalue weighted by Gasteiger charge is 2.12. The van der Waals surface area contributed by atoms with Crippen LogP contribution in [0.25, 0.3) is 22.7 Å². The molecule has 0 aliphatic carbocycles. The monoisotopic (exact) mass is 381 g/mol. The number of aromatic nitrogens is 4. The van der Waals surface area contributed by atoms with Gasteiger partial charge in [-0.1, -0.05) is 23.7 Å². The summed E-state index contributed by atoms with van der Waals surface area (Å²) in [5, 5.41) is 15.9. The molecule has 4 rings (SSSR count). The molecule has 2 aromatic carbocycles. The van der Waals surface area contributed by atoms with Crippen molar-refractivity contribution in [3.05, 3.63) is 82.1 Å². The molecule has 8 nitrogen and oxygen atoms in total. The van der Waals surface area contributed by atoms with E-state index in [2.05, 4.69) is 15.1 Å². The van der Waals surface area contributed by atoms with Gasteiger partial charge in [0.25, 0.3) is 5.69 Å². The molecule has 0 N–H and O–H groups in total. The molecule has 0 spiro atoms. The maximum atomic E-state index is 10.9. The third-order valence-electron chi connectivity index (χ3n) is 3.83. The number of non-ortho nitro benzene ring substituents is 1. The van der Waals surface area contributed by atoms with E-state index in [9.17, 15) is 10.1 Å². The Kier molecular flexibility index (Phi) is 4.39. The first-order valence-corrected chi connectivity index (χ1v) is 8.31. The van der Waals surface area contributed by atoms with Gasteiger partial charge in [-0.3, -0.25) is 10.1 Å². The third-order valence-corrected chi connectivity index (χ3v) is 4.08. The summed E-state index contributed by atoms with van der Waals surface area (Å²) in [6.07, 6.45) is 3.16. The number of oxazole rings is 1. The molecule has 4 aromatic rings. The minimum Gasteiger partial charge on any atom is -0.439 e. The van der Waals surface area contributed by atoms with E-state index in [1.54, 1.807) is 35.1 Å². The van der Waals surface area contributed by atoms with Crippen LogP contribution in [0.1, 0.15) is 5.89 Å². The fourth-order valence-corrected chi connectivity index (χ4v) is 2.66. The van der Waals surface area contributed by atoms with Gasteiger partial charge in [-0.2, -0.15) is 5.10 Å². The summed E-state index contributed by atoms with van der Waals surface area (Å²) in [7, 11) is 0. The maximum absolute atomic E-state index is 10.9. The lowest BCUT2D eigenvalue weighted by atomic mass is 10.2. The average Bonchev–Trinajstić information content (AvgIpc) is 3.33. The molecule has 134 valence electrons. The predicted octanol–water partition coefficient (Wildman–Crippen LogP) is 4.21. The Morgan fingerprint density at radius 1 is 1.11 bits per heavy atom. The second-order valence-electron chi connectivity index (χ2n) is 5.70. The number of benzene rings is 2. The Labute approximate surface area is 158 Å². The second-order valence-corrected chi connectivity index (χ2v) is 6.13. The minimum absolute atomic E-state index is 0.0100. The van der Waals surface area contributed by atoms with Crippen molar-refractivity contribution in [1.29, 1.82) is 0 Å². The Hall–Kier alpha value is -3.52. The quantitative estimate of drug-likeness (QED) is 0.379. The van der Waals surface area contributed by atoms with Crippen molar-refractivity contribution in [2.45, 2.75) is 6.54 Å². The topological polar surface area (TPSA) is 99.9 Å². The molecule has 0 aliphatic heterocycles. The molecule has 0 radical (unpaired) electrons. The highest BCUT2D eigenvalue weighted by molar-refractivity contribution is 6.30. The molecular formula is C18H12ClN5O3. The van der Waals surface area contributed by atoms with E-state index >= 15 is 0 Å². The molecule has 0 unspecified atom stereocenters. The van der Waals surface area contributed by atoms with E-state index < -0.39 is 4.92 Å². The third kappa shape index (κ3) is 3.70. The molecule has 0 aliphatic rings. The van der Waals surface area contributed by atoms with Crippen LogP contribution in [0.4, 0.5) is 5.69 Å². The largest absolute Gasteiger partial charge is 0.439 e. The van der Waals surface area contributed by atoms with Crippen molar-refractivity contribution in [3.63, 3.8) is 0 Å². The summed E-state index contributed by atoms with van der Waals surface area (Å²) >= 11 is 5.89. The van der Waals surface area contributed by atoms with Gasteiger partial charge in [0.05, 0.1) is 11.1 Å². The lowest BCUT2D eigenvalue weighted by Crippen LogP contribution is -2.00. The van der Waals surface area contributed by atoms with E-state index in [-0.39, 0.29) is 12.2 Å². The van der Waals surface area contributed by atoms with Gasteiger partial charge < -0.3 is 4.42 Å². The average molecular weight is 382 g/mol. The van der Waals surface area contributed by atoms with Crippen LogP contribution in [0, 0.1) is 10.1 Å². The molecule has 2 aromatic heterocycles.